The Morgan fingerprint density at radius 2 is 2.38 bits per heavy atom. The fourth-order valence-corrected chi connectivity index (χ4v) is 0.794. The van der Waals surface area contributed by atoms with Gasteiger partial charge < -0.3 is 10.1 Å². The summed E-state index contributed by atoms with van der Waals surface area (Å²) in [4.78, 5) is 0. The van der Waals surface area contributed by atoms with Gasteiger partial charge in [-0.3, -0.25) is 5.32 Å². The van der Waals surface area contributed by atoms with E-state index >= 15 is 0 Å². The first kappa shape index (κ1) is 6.01. The maximum atomic E-state index is 5.02. The van der Waals surface area contributed by atoms with Gasteiger partial charge in [-0.2, -0.15) is 0 Å². The van der Waals surface area contributed by atoms with Crippen LogP contribution in [-0.4, -0.2) is 33.0 Å². The number of piperazine rings is 1. The molecule has 1 saturated heterocycles. The zero-order chi connectivity index (χ0) is 5.82. The van der Waals surface area contributed by atoms with Crippen LogP contribution in [0.3, 0.4) is 0 Å². The number of nitrogens with one attached hydrogen (secondary N) is 2. The molecule has 0 spiro atoms. The molecule has 0 aliphatic carbocycles. The molecule has 1 unspecified atom stereocenters. The van der Waals surface area contributed by atoms with E-state index < -0.39 is 0 Å². The minimum absolute atomic E-state index is 0.226. The summed E-state index contributed by atoms with van der Waals surface area (Å²) in [6, 6.07) is 0. The molecule has 1 aliphatic heterocycles. The molecule has 1 aliphatic rings. The van der Waals surface area contributed by atoms with Crippen molar-refractivity contribution in [3.8, 4) is 0 Å². The van der Waals surface area contributed by atoms with Crippen LogP contribution < -0.4 is 10.6 Å². The van der Waals surface area contributed by atoms with Gasteiger partial charge in [-0.15, -0.1) is 0 Å². The van der Waals surface area contributed by atoms with E-state index in [2.05, 4.69) is 10.6 Å². The molecule has 0 aromatic carbocycles. The molecule has 0 aromatic rings. The molecule has 1 rings (SSSR count). The zero-order valence-electron chi connectivity index (χ0n) is 5.11. The Kier molecular flexibility index (Phi) is 2.27. The summed E-state index contributed by atoms with van der Waals surface area (Å²) >= 11 is 0. The van der Waals surface area contributed by atoms with Crippen molar-refractivity contribution in [2.24, 2.45) is 0 Å². The van der Waals surface area contributed by atoms with Crippen molar-refractivity contribution in [1.82, 2.24) is 10.6 Å². The highest BCUT2D eigenvalue weighted by molar-refractivity contribution is 4.65. The van der Waals surface area contributed by atoms with Crippen molar-refractivity contribution in [2.45, 2.75) is 6.23 Å². The van der Waals surface area contributed by atoms with Crippen LogP contribution in [0.15, 0.2) is 0 Å². The molecule has 3 nitrogen and oxygen atoms in total. The third-order valence-electron chi connectivity index (χ3n) is 1.29. The highest BCUT2D eigenvalue weighted by atomic mass is 16.5. The minimum atomic E-state index is 0.226. The van der Waals surface area contributed by atoms with Gasteiger partial charge in [0.25, 0.3) is 0 Å². The van der Waals surface area contributed by atoms with Crippen LogP contribution in [0.25, 0.3) is 0 Å². The van der Waals surface area contributed by atoms with Gasteiger partial charge in [0.05, 0.1) is 0 Å². The lowest BCUT2D eigenvalue weighted by atomic mass is 10.4. The van der Waals surface area contributed by atoms with Gasteiger partial charge in [0, 0.05) is 26.7 Å². The van der Waals surface area contributed by atoms with Gasteiger partial charge in [0.1, 0.15) is 6.23 Å². The first-order valence-electron chi connectivity index (χ1n) is 2.90. The van der Waals surface area contributed by atoms with Gasteiger partial charge in [0.15, 0.2) is 0 Å². The molecule has 0 bridgehead atoms. The summed E-state index contributed by atoms with van der Waals surface area (Å²) in [5.74, 6) is 0. The van der Waals surface area contributed by atoms with Gasteiger partial charge in [-0.25, -0.2) is 0 Å². The second-order valence-corrected chi connectivity index (χ2v) is 1.88. The van der Waals surface area contributed by atoms with Crippen molar-refractivity contribution >= 4 is 0 Å². The SMILES string of the molecule is COC1CNCCN1. The summed E-state index contributed by atoms with van der Waals surface area (Å²) in [6.45, 7) is 2.99. The number of ether oxygens (including phenoxy) is 1. The summed E-state index contributed by atoms with van der Waals surface area (Å²) in [6.07, 6.45) is 0.226. The standard InChI is InChI=1S/C5H12N2O/c1-8-5-4-6-2-3-7-5/h5-7H,2-4H2,1H3. The average Bonchev–Trinajstić information content (AvgIpc) is 1.90. The summed E-state index contributed by atoms with van der Waals surface area (Å²) in [5.41, 5.74) is 0. The average molecular weight is 116 g/mol. The number of hydrogen-bond donors (Lipinski definition) is 2. The second kappa shape index (κ2) is 3.02. The fourth-order valence-electron chi connectivity index (χ4n) is 0.794. The molecule has 3 heteroatoms. The lowest BCUT2D eigenvalue weighted by Gasteiger charge is -2.22. The Hall–Kier alpha value is -0.120. The largest absolute Gasteiger partial charge is 0.365 e. The van der Waals surface area contributed by atoms with E-state index in [4.69, 9.17) is 4.74 Å². The molecule has 8 heavy (non-hydrogen) atoms. The first-order chi connectivity index (χ1) is 3.93. The second-order valence-electron chi connectivity index (χ2n) is 1.88. The number of methoxy groups -OCH3 is 1. The predicted molar refractivity (Wildman–Crippen MR) is 31.7 cm³/mol. The lowest BCUT2D eigenvalue weighted by molar-refractivity contribution is 0.0625. The van der Waals surface area contributed by atoms with E-state index in [-0.39, 0.29) is 6.23 Å². The Labute approximate surface area is 49.4 Å². The summed E-state index contributed by atoms with van der Waals surface area (Å²) in [7, 11) is 1.71. The predicted octanol–water partition coefficient (Wildman–Crippen LogP) is -0.848. The number of hydrogen-bond acceptors (Lipinski definition) is 3. The highest BCUT2D eigenvalue weighted by Gasteiger charge is 2.08. The molecule has 1 atom stereocenters. The van der Waals surface area contributed by atoms with Crippen LogP contribution in [0.4, 0.5) is 0 Å². The van der Waals surface area contributed by atoms with Gasteiger partial charge in [-0.05, 0) is 0 Å². The number of rotatable bonds is 1. The fraction of sp³-hybridized carbons (Fsp3) is 1.00. The van der Waals surface area contributed by atoms with Crippen LogP contribution in [-0.2, 0) is 4.74 Å². The van der Waals surface area contributed by atoms with E-state index in [1.807, 2.05) is 0 Å². The molecule has 0 radical (unpaired) electrons. The van der Waals surface area contributed by atoms with Crippen molar-refractivity contribution in [3.05, 3.63) is 0 Å². The van der Waals surface area contributed by atoms with E-state index in [0.29, 0.717) is 0 Å². The smallest absolute Gasteiger partial charge is 0.120 e. The topological polar surface area (TPSA) is 33.3 Å². The van der Waals surface area contributed by atoms with E-state index in [1.54, 1.807) is 7.11 Å². The third kappa shape index (κ3) is 1.43. The first-order valence-corrected chi connectivity index (χ1v) is 2.90. The van der Waals surface area contributed by atoms with Crippen molar-refractivity contribution in [2.75, 3.05) is 26.7 Å². The maximum absolute atomic E-state index is 5.02. The Morgan fingerprint density at radius 1 is 1.50 bits per heavy atom. The van der Waals surface area contributed by atoms with Crippen molar-refractivity contribution in [1.29, 1.82) is 0 Å². The minimum Gasteiger partial charge on any atom is -0.365 e. The van der Waals surface area contributed by atoms with Gasteiger partial charge in [0.2, 0.25) is 0 Å². The Bertz CT molecular complexity index is 61.4. The summed E-state index contributed by atoms with van der Waals surface area (Å²) < 4.78 is 5.02. The van der Waals surface area contributed by atoms with Crippen LogP contribution >= 0.6 is 0 Å². The molecule has 1 heterocycles. The maximum Gasteiger partial charge on any atom is 0.120 e. The monoisotopic (exact) mass is 116 g/mol. The van der Waals surface area contributed by atoms with Crippen LogP contribution in [0.1, 0.15) is 0 Å². The molecule has 2 N–H and O–H groups in total. The molecular formula is C5H12N2O. The molecule has 0 aromatic heterocycles. The van der Waals surface area contributed by atoms with Crippen molar-refractivity contribution < 1.29 is 4.74 Å². The zero-order valence-corrected chi connectivity index (χ0v) is 5.11. The van der Waals surface area contributed by atoms with E-state index in [1.165, 1.54) is 0 Å². The Balaban J connectivity index is 2.13. The molecule has 0 saturated carbocycles. The quantitative estimate of drug-likeness (QED) is 0.468. The lowest BCUT2D eigenvalue weighted by Crippen LogP contribution is -2.49. The van der Waals surface area contributed by atoms with Crippen LogP contribution in [0.2, 0.25) is 0 Å². The van der Waals surface area contributed by atoms with Crippen LogP contribution in [0.5, 0.6) is 0 Å². The Morgan fingerprint density at radius 3 is 2.75 bits per heavy atom. The normalized spacial score (nSPS) is 30.4. The molecular weight excluding hydrogens is 104 g/mol. The van der Waals surface area contributed by atoms with Crippen LogP contribution in [0, 0.1) is 0 Å². The highest BCUT2D eigenvalue weighted by Crippen LogP contribution is 1.84. The van der Waals surface area contributed by atoms with Gasteiger partial charge >= 0.3 is 0 Å². The van der Waals surface area contributed by atoms with Crippen molar-refractivity contribution in [3.63, 3.8) is 0 Å². The molecule has 0 amide bonds. The van der Waals surface area contributed by atoms with E-state index in [9.17, 15) is 0 Å². The molecule has 48 valence electrons. The van der Waals surface area contributed by atoms with Gasteiger partial charge in [-0.1, -0.05) is 0 Å². The third-order valence-corrected chi connectivity index (χ3v) is 1.29. The summed E-state index contributed by atoms with van der Waals surface area (Å²) in [5, 5.41) is 6.38. The molecule has 1 fully saturated rings. The van der Waals surface area contributed by atoms with E-state index in [0.717, 1.165) is 19.6 Å².